The molecule has 0 amide bonds. The lowest BCUT2D eigenvalue weighted by molar-refractivity contribution is -0.155. The van der Waals surface area contributed by atoms with Crippen molar-refractivity contribution in [1.82, 2.24) is 30.2 Å². The van der Waals surface area contributed by atoms with Crippen LogP contribution >= 0.6 is 27.5 Å². The van der Waals surface area contributed by atoms with E-state index in [1.165, 1.54) is 0 Å². The van der Waals surface area contributed by atoms with E-state index < -0.39 is 18.7 Å². The third-order valence-electron chi connectivity index (χ3n) is 6.17. The Kier molecular flexibility index (Phi) is 7.99. The highest BCUT2D eigenvalue weighted by Crippen LogP contribution is 2.41. The first-order valence-electron chi connectivity index (χ1n) is 12.4. The average Bonchev–Trinajstić information content (AvgIpc) is 3.67. The van der Waals surface area contributed by atoms with Crippen LogP contribution in [0.2, 0.25) is 5.15 Å². The van der Waals surface area contributed by atoms with E-state index in [4.69, 9.17) is 25.5 Å². The van der Waals surface area contributed by atoms with Gasteiger partial charge in [-0.2, -0.15) is 5.21 Å². The zero-order valence-corrected chi connectivity index (χ0v) is 24.1. The molecule has 0 atom stereocenters. The molecule has 0 spiro atoms. The Hall–Kier alpha value is -4.03. The van der Waals surface area contributed by atoms with E-state index in [0.717, 1.165) is 26.5 Å². The van der Waals surface area contributed by atoms with Crippen molar-refractivity contribution in [3.63, 3.8) is 0 Å². The number of imidazole rings is 1. The number of furan rings is 1. The van der Waals surface area contributed by atoms with Crippen molar-refractivity contribution in [1.29, 1.82) is 0 Å². The Balaban J connectivity index is 1.46. The predicted octanol–water partition coefficient (Wildman–Crippen LogP) is 5.82. The molecule has 0 aliphatic rings. The van der Waals surface area contributed by atoms with Crippen LogP contribution in [-0.4, -0.2) is 48.9 Å². The zero-order valence-electron chi connectivity index (χ0n) is 21.8. The number of carbonyl (C=O) groups is 2. The van der Waals surface area contributed by atoms with Crippen molar-refractivity contribution >= 4 is 50.4 Å². The SMILES string of the molecule is CCc1nc(Cl)c(C(=O)OCOC(=O)C(C)C)n1Cc1ccc2oc(-c3ccccc3-c3nn[nH]n3)c(Br)c2c1. The van der Waals surface area contributed by atoms with E-state index in [9.17, 15) is 9.59 Å². The van der Waals surface area contributed by atoms with Crippen molar-refractivity contribution in [3.8, 4) is 22.7 Å². The minimum absolute atomic E-state index is 0.0166. The highest BCUT2D eigenvalue weighted by molar-refractivity contribution is 9.10. The molecule has 3 heterocycles. The number of rotatable bonds is 9. The fourth-order valence-electron chi connectivity index (χ4n) is 4.20. The summed E-state index contributed by atoms with van der Waals surface area (Å²) in [5.41, 5.74) is 3.18. The number of aryl methyl sites for hydroxylation is 1. The number of benzene rings is 2. The van der Waals surface area contributed by atoms with Crippen LogP contribution < -0.4 is 0 Å². The lowest BCUT2D eigenvalue weighted by atomic mass is 10.0. The molecule has 5 aromatic rings. The summed E-state index contributed by atoms with van der Waals surface area (Å²) in [5.74, 6) is 0.125. The van der Waals surface area contributed by atoms with E-state index in [-0.39, 0.29) is 16.8 Å². The van der Waals surface area contributed by atoms with Gasteiger partial charge in [-0.25, -0.2) is 9.78 Å². The summed E-state index contributed by atoms with van der Waals surface area (Å²) in [5, 5.41) is 15.2. The third-order valence-corrected chi connectivity index (χ3v) is 7.22. The highest BCUT2D eigenvalue weighted by atomic mass is 79.9. The fourth-order valence-corrected chi connectivity index (χ4v) is 5.08. The fraction of sp³-hybridized carbons (Fsp3) is 0.259. The number of nitrogens with zero attached hydrogens (tertiary/aromatic N) is 5. The van der Waals surface area contributed by atoms with Crippen LogP contribution in [0.4, 0.5) is 0 Å². The van der Waals surface area contributed by atoms with Gasteiger partial charge in [0.1, 0.15) is 17.2 Å². The Morgan fingerprint density at radius 2 is 1.93 bits per heavy atom. The van der Waals surface area contributed by atoms with E-state index in [0.29, 0.717) is 36.0 Å². The first-order valence-corrected chi connectivity index (χ1v) is 13.6. The van der Waals surface area contributed by atoms with Gasteiger partial charge in [0.05, 0.1) is 10.4 Å². The number of carbonyl (C=O) groups excluding carboxylic acids is 2. The Morgan fingerprint density at radius 1 is 1.15 bits per heavy atom. The first kappa shape index (κ1) is 27.5. The van der Waals surface area contributed by atoms with Crippen molar-refractivity contribution in [3.05, 3.63) is 69.2 Å². The van der Waals surface area contributed by atoms with Crippen LogP contribution in [0.1, 0.15) is 42.6 Å². The molecule has 0 aliphatic heterocycles. The Labute approximate surface area is 241 Å². The number of tetrazole rings is 1. The molecule has 11 nitrogen and oxygen atoms in total. The minimum atomic E-state index is -0.736. The van der Waals surface area contributed by atoms with Gasteiger partial charge >= 0.3 is 11.9 Å². The highest BCUT2D eigenvalue weighted by Gasteiger charge is 2.24. The van der Waals surface area contributed by atoms with E-state index in [2.05, 4.69) is 41.5 Å². The molecule has 0 aliphatic carbocycles. The molecule has 206 valence electrons. The maximum atomic E-state index is 12.9. The van der Waals surface area contributed by atoms with Crippen molar-refractivity contribution in [2.24, 2.45) is 5.92 Å². The Bertz CT molecular complexity index is 1700. The lowest BCUT2D eigenvalue weighted by Gasteiger charge is -2.12. The standard InChI is InChI=1S/C27H24BrClN6O5/c1-4-20-30-24(29)22(27(37)39-13-38-26(36)14(2)3)35(20)12-15-9-10-19-18(11-15)21(28)23(40-19)16-7-5-6-8-17(16)25-31-33-34-32-25/h5-11,14H,4,12-13H2,1-3H3,(H,31,32,33,34). The number of aromatic nitrogens is 6. The summed E-state index contributed by atoms with van der Waals surface area (Å²) in [6, 6.07) is 13.3. The second-order valence-corrected chi connectivity index (χ2v) is 10.3. The molecule has 3 aromatic heterocycles. The monoisotopic (exact) mass is 626 g/mol. The van der Waals surface area contributed by atoms with Gasteiger partial charge in [0.2, 0.25) is 12.6 Å². The van der Waals surface area contributed by atoms with Crippen LogP contribution in [0.25, 0.3) is 33.7 Å². The van der Waals surface area contributed by atoms with E-state index >= 15 is 0 Å². The first-order chi connectivity index (χ1) is 19.3. The summed E-state index contributed by atoms with van der Waals surface area (Å²) in [4.78, 5) is 29.0. The van der Waals surface area contributed by atoms with Crippen LogP contribution in [-0.2, 0) is 27.2 Å². The number of nitrogens with one attached hydrogen (secondary N) is 1. The van der Waals surface area contributed by atoms with E-state index in [1.807, 2.05) is 49.4 Å². The van der Waals surface area contributed by atoms with Gasteiger partial charge in [-0.3, -0.25) is 4.79 Å². The molecule has 5 rings (SSSR count). The topological polar surface area (TPSA) is 138 Å². The number of hydrogen-bond acceptors (Lipinski definition) is 9. The second kappa shape index (κ2) is 11.6. The van der Waals surface area contributed by atoms with Gasteiger partial charge < -0.3 is 18.5 Å². The van der Waals surface area contributed by atoms with Gasteiger partial charge in [0, 0.05) is 29.5 Å². The van der Waals surface area contributed by atoms with Crippen LogP contribution in [0.3, 0.4) is 0 Å². The maximum absolute atomic E-state index is 12.9. The summed E-state index contributed by atoms with van der Waals surface area (Å²) in [6.45, 7) is 5.07. The van der Waals surface area contributed by atoms with Crippen molar-refractivity contribution < 1.29 is 23.5 Å². The third kappa shape index (κ3) is 5.36. The number of ether oxygens (including phenoxy) is 2. The molecular weight excluding hydrogens is 604 g/mol. The molecule has 1 N–H and O–H groups in total. The maximum Gasteiger partial charge on any atom is 0.361 e. The van der Waals surface area contributed by atoms with Crippen LogP contribution in [0.5, 0.6) is 0 Å². The molecule has 0 bridgehead atoms. The summed E-state index contributed by atoms with van der Waals surface area (Å²) >= 11 is 10.1. The van der Waals surface area contributed by atoms with Crippen LogP contribution in [0, 0.1) is 5.92 Å². The molecule has 0 radical (unpaired) electrons. The smallest absolute Gasteiger partial charge is 0.361 e. The molecule has 0 saturated heterocycles. The lowest BCUT2D eigenvalue weighted by Crippen LogP contribution is -2.19. The summed E-state index contributed by atoms with van der Waals surface area (Å²) in [7, 11) is 0. The average molecular weight is 628 g/mol. The summed E-state index contributed by atoms with van der Waals surface area (Å²) < 4.78 is 18.9. The van der Waals surface area contributed by atoms with Gasteiger partial charge in [-0.05, 0) is 38.8 Å². The molecule has 40 heavy (non-hydrogen) atoms. The van der Waals surface area contributed by atoms with Crippen LogP contribution in [0.15, 0.2) is 51.4 Å². The molecule has 0 fully saturated rings. The molecular formula is C27H24BrClN6O5. The number of esters is 2. The van der Waals surface area contributed by atoms with Gasteiger partial charge in [0.25, 0.3) is 0 Å². The molecule has 0 unspecified atom stereocenters. The Morgan fingerprint density at radius 3 is 2.62 bits per heavy atom. The number of halogens is 2. The van der Waals surface area contributed by atoms with Crippen molar-refractivity contribution in [2.75, 3.05) is 6.79 Å². The number of fused-ring (bicyclic) bond motifs is 1. The normalized spacial score (nSPS) is 11.3. The molecule has 0 saturated carbocycles. The number of aromatic amines is 1. The quantitative estimate of drug-likeness (QED) is 0.158. The molecule has 13 heteroatoms. The number of hydrogen-bond donors (Lipinski definition) is 1. The minimum Gasteiger partial charge on any atom is -0.455 e. The second-order valence-electron chi connectivity index (χ2n) is 9.13. The number of H-pyrrole nitrogens is 1. The summed E-state index contributed by atoms with van der Waals surface area (Å²) in [6.07, 6.45) is 0.532. The molecule has 2 aromatic carbocycles. The predicted molar refractivity (Wildman–Crippen MR) is 149 cm³/mol. The van der Waals surface area contributed by atoms with Gasteiger partial charge in [0.15, 0.2) is 10.8 Å². The largest absolute Gasteiger partial charge is 0.455 e. The van der Waals surface area contributed by atoms with Crippen molar-refractivity contribution in [2.45, 2.75) is 33.7 Å². The van der Waals surface area contributed by atoms with Gasteiger partial charge in [-0.15, -0.1) is 10.2 Å². The zero-order chi connectivity index (χ0) is 28.4. The van der Waals surface area contributed by atoms with E-state index in [1.54, 1.807) is 18.4 Å². The van der Waals surface area contributed by atoms with Gasteiger partial charge in [-0.1, -0.05) is 62.7 Å².